The van der Waals surface area contributed by atoms with Crippen molar-refractivity contribution in [2.45, 2.75) is 78.2 Å². The highest BCUT2D eigenvalue weighted by atomic mass is 32.1. The van der Waals surface area contributed by atoms with E-state index in [4.69, 9.17) is 14.2 Å². The Balaban J connectivity index is 1.12. The maximum absolute atomic E-state index is 14.2. The lowest BCUT2D eigenvalue weighted by Gasteiger charge is -2.26. The Hall–Kier alpha value is -5.81. The number of ketones is 1. The molecule has 4 aromatic rings. The first-order valence-corrected chi connectivity index (χ1v) is 23.4. The lowest BCUT2D eigenvalue weighted by atomic mass is 9.97. The fraction of sp³-hybridized carbons (Fsp3) is 0.352. The highest BCUT2D eigenvalue weighted by Crippen LogP contribution is 2.42. The van der Waals surface area contributed by atoms with Crippen molar-refractivity contribution in [3.8, 4) is 27.7 Å². The molecule has 0 bridgehead atoms. The molecular weight excluding hydrogens is 821 g/mol. The number of carbonyl (C=O) groups is 3. The molecule has 1 atom stereocenters. The zero-order valence-electron chi connectivity index (χ0n) is 37.6. The number of hydrogen-bond donors (Lipinski definition) is 2. The summed E-state index contributed by atoms with van der Waals surface area (Å²) in [5.41, 5.74) is 1.80. The number of benzene rings is 3. The predicted molar refractivity (Wildman–Crippen MR) is 261 cm³/mol. The van der Waals surface area contributed by atoms with E-state index in [1.54, 1.807) is 54.6 Å². The van der Waals surface area contributed by atoms with E-state index in [1.807, 2.05) is 38.1 Å². The molecule has 0 spiro atoms. The maximum atomic E-state index is 14.2. The fourth-order valence-corrected chi connectivity index (χ4v) is 8.16. The van der Waals surface area contributed by atoms with Gasteiger partial charge in [0.25, 0.3) is 0 Å². The van der Waals surface area contributed by atoms with Crippen molar-refractivity contribution in [1.29, 1.82) is 0 Å². The average molecular weight is 885 g/mol. The molecule has 1 fully saturated rings. The molecule has 3 aromatic carbocycles. The lowest BCUT2D eigenvalue weighted by molar-refractivity contribution is -0.140. The normalized spacial score (nSPS) is 14.4. The van der Waals surface area contributed by atoms with Crippen LogP contribution in [-0.4, -0.2) is 73.2 Å². The van der Waals surface area contributed by atoms with Gasteiger partial charge in [0.2, 0.25) is 5.91 Å². The molecule has 1 aromatic heterocycles. The molecule has 1 saturated heterocycles. The van der Waals surface area contributed by atoms with Gasteiger partial charge in [0.15, 0.2) is 5.78 Å². The Kier molecular flexibility index (Phi) is 21.1. The van der Waals surface area contributed by atoms with Crippen LogP contribution in [0.5, 0.6) is 17.2 Å². The minimum absolute atomic E-state index is 0.122. The summed E-state index contributed by atoms with van der Waals surface area (Å²) in [6, 6.07) is 18.3. The van der Waals surface area contributed by atoms with Gasteiger partial charge in [-0.05, 0) is 123 Å². The molecule has 10 heteroatoms. The highest BCUT2D eigenvalue weighted by Gasteiger charge is 2.27. The van der Waals surface area contributed by atoms with E-state index >= 15 is 0 Å². The Morgan fingerprint density at radius 2 is 1.34 bits per heavy atom. The van der Waals surface area contributed by atoms with E-state index in [-0.39, 0.29) is 29.8 Å². The topological polar surface area (TPSA) is 114 Å². The number of fused-ring (bicyclic) bond motifs is 1. The van der Waals surface area contributed by atoms with Crippen LogP contribution in [0.4, 0.5) is 0 Å². The standard InChI is InChI=1S/C54H64N2O7S/c1-4-5-6-7-8-9-10-11-12-13-14-15-16-17-18-19-20-21-22-23-49(58)55-51(41(2)3)54(60)63-46-32-33-47-48(40-46)64-53(43-24-28-44(57)29-25-43)50(47)52(59)42-26-30-45(31-27-42)62-39-36-56-34-37-61-38-35-56/h5-6,8-9,11-12,14-15,17-18,20-21,24-33,40-41,51,57H,4,7,10,13,16,19,22-23,34-39H2,1-3H3,(H,55,58). The minimum Gasteiger partial charge on any atom is -0.508 e. The first-order chi connectivity index (χ1) is 31.2. The van der Waals surface area contributed by atoms with Gasteiger partial charge >= 0.3 is 5.97 Å². The number of aromatic hydroxyl groups is 1. The second-order valence-corrected chi connectivity index (χ2v) is 16.9. The molecule has 2 heterocycles. The molecule has 9 nitrogen and oxygen atoms in total. The van der Waals surface area contributed by atoms with Gasteiger partial charge in [0.05, 0.1) is 13.2 Å². The van der Waals surface area contributed by atoms with E-state index in [9.17, 15) is 19.5 Å². The third-order valence-electron chi connectivity index (χ3n) is 10.5. The minimum atomic E-state index is -0.840. The molecule has 0 radical (unpaired) electrons. The number of nitrogens with zero attached hydrogens (tertiary/aromatic N) is 1. The van der Waals surface area contributed by atoms with Crippen molar-refractivity contribution < 1.29 is 33.7 Å². The summed E-state index contributed by atoms with van der Waals surface area (Å²) < 4.78 is 18.0. The van der Waals surface area contributed by atoms with Gasteiger partial charge in [-0.2, -0.15) is 0 Å². The molecule has 2 N–H and O–H groups in total. The Morgan fingerprint density at radius 3 is 1.94 bits per heavy atom. The van der Waals surface area contributed by atoms with Gasteiger partial charge in [0.1, 0.15) is 29.9 Å². The molecule has 1 unspecified atom stereocenters. The molecule has 0 saturated carbocycles. The van der Waals surface area contributed by atoms with Crippen molar-refractivity contribution in [2.75, 3.05) is 39.5 Å². The number of hydrogen-bond acceptors (Lipinski definition) is 9. The van der Waals surface area contributed by atoms with Crippen LogP contribution >= 0.6 is 11.3 Å². The van der Waals surface area contributed by atoms with Crippen LogP contribution in [0.3, 0.4) is 0 Å². The van der Waals surface area contributed by atoms with Gasteiger partial charge in [-0.3, -0.25) is 14.5 Å². The van der Waals surface area contributed by atoms with Crippen molar-refractivity contribution in [1.82, 2.24) is 10.2 Å². The van der Waals surface area contributed by atoms with Crippen LogP contribution in [0, 0.1) is 5.92 Å². The number of phenols is 1. The number of phenolic OH excluding ortho intramolecular Hbond substituents is 1. The van der Waals surface area contributed by atoms with Crippen LogP contribution in [0.25, 0.3) is 20.5 Å². The Morgan fingerprint density at radius 1 is 0.766 bits per heavy atom. The van der Waals surface area contributed by atoms with E-state index in [0.717, 1.165) is 86.5 Å². The van der Waals surface area contributed by atoms with Crippen molar-refractivity contribution >= 4 is 39.1 Å². The number of amides is 1. The average Bonchev–Trinajstić information content (AvgIpc) is 3.68. The second kappa shape index (κ2) is 27.4. The van der Waals surface area contributed by atoms with Gasteiger partial charge in [0, 0.05) is 52.1 Å². The molecule has 338 valence electrons. The molecule has 5 rings (SSSR count). The molecule has 1 aliphatic rings. The van der Waals surface area contributed by atoms with Crippen molar-refractivity contribution in [2.24, 2.45) is 5.92 Å². The summed E-state index contributed by atoms with van der Waals surface area (Å²) in [5.74, 6) is -0.0343. The summed E-state index contributed by atoms with van der Waals surface area (Å²) in [6.07, 6.45) is 32.2. The Bertz CT molecular complexity index is 2260. The van der Waals surface area contributed by atoms with Crippen molar-refractivity contribution in [3.63, 3.8) is 0 Å². The van der Waals surface area contributed by atoms with Crippen LogP contribution in [0.2, 0.25) is 0 Å². The molecule has 0 aliphatic carbocycles. The van der Waals surface area contributed by atoms with Gasteiger partial charge in [-0.25, -0.2) is 4.79 Å². The second-order valence-electron chi connectivity index (χ2n) is 15.8. The number of carbonyl (C=O) groups excluding carboxylic acids is 3. The van der Waals surface area contributed by atoms with E-state index < -0.39 is 12.0 Å². The predicted octanol–water partition coefficient (Wildman–Crippen LogP) is 11.7. The molecule has 1 aliphatic heterocycles. The third kappa shape index (κ3) is 16.4. The van der Waals surface area contributed by atoms with E-state index in [1.165, 1.54) is 11.3 Å². The van der Waals surface area contributed by atoms with Crippen LogP contribution < -0.4 is 14.8 Å². The van der Waals surface area contributed by atoms with Crippen molar-refractivity contribution in [3.05, 3.63) is 151 Å². The summed E-state index contributed by atoms with van der Waals surface area (Å²) >= 11 is 1.40. The van der Waals surface area contributed by atoms with Gasteiger partial charge in [-0.1, -0.05) is 93.7 Å². The molecule has 64 heavy (non-hydrogen) atoms. The van der Waals surface area contributed by atoms with Gasteiger partial charge in [-0.15, -0.1) is 11.3 Å². The quantitative estimate of drug-likeness (QED) is 0.0293. The van der Waals surface area contributed by atoms with Crippen LogP contribution in [-0.2, 0) is 14.3 Å². The lowest BCUT2D eigenvalue weighted by Crippen LogP contribution is -2.46. The Labute approximate surface area is 383 Å². The largest absolute Gasteiger partial charge is 0.508 e. The fourth-order valence-electron chi connectivity index (χ4n) is 6.92. The first kappa shape index (κ1) is 49.2. The van der Waals surface area contributed by atoms with E-state index in [0.29, 0.717) is 41.0 Å². The summed E-state index contributed by atoms with van der Waals surface area (Å²) in [7, 11) is 0. The number of allylic oxidation sites excluding steroid dienone is 12. The number of ether oxygens (including phenoxy) is 3. The van der Waals surface area contributed by atoms with Crippen LogP contribution in [0.15, 0.2) is 140 Å². The van der Waals surface area contributed by atoms with Gasteiger partial charge < -0.3 is 24.6 Å². The zero-order chi connectivity index (χ0) is 45.4. The van der Waals surface area contributed by atoms with Crippen LogP contribution in [0.1, 0.15) is 88.1 Å². The number of morpholine rings is 1. The zero-order valence-corrected chi connectivity index (χ0v) is 38.4. The summed E-state index contributed by atoms with van der Waals surface area (Å²) in [5, 5.41) is 13.6. The smallest absolute Gasteiger partial charge is 0.334 e. The maximum Gasteiger partial charge on any atom is 0.334 e. The number of esters is 1. The first-order valence-electron chi connectivity index (χ1n) is 22.6. The summed E-state index contributed by atoms with van der Waals surface area (Å²) in [6.45, 7) is 10.5. The number of thiophene rings is 1. The summed E-state index contributed by atoms with van der Waals surface area (Å²) in [4.78, 5) is 43.7. The monoisotopic (exact) mass is 884 g/mol. The van der Waals surface area contributed by atoms with E-state index in [2.05, 4.69) is 77.9 Å². The number of nitrogens with one attached hydrogen (secondary N) is 1. The number of rotatable bonds is 25. The molecular formula is C54H64N2O7S. The molecule has 1 amide bonds. The third-order valence-corrected chi connectivity index (χ3v) is 11.7. The highest BCUT2D eigenvalue weighted by molar-refractivity contribution is 7.22. The SMILES string of the molecule is CCC=CCC=CCC=CCC=CCC=CCC=CCCC(=O)NC(C(=O)Oc1ccc2c(C(=O)c3ccc(OCCN4CCOCC4)cc3)c(-c3ccc(O)cc3)sc2c1)C(C)C.